The van der Waals surface area contributed by atoms with Gasteiger partial charge >= 0.3 is 0 Å². The molecule has 2 aromatic heterocycles. The lowest BCUT2D eigenvalue weighted by atomic mass is 10.0. The Morgan fingerprint density at radius 1 is 1.17 bits per heavy atom. The summed E-state index contributed by atoms with van der Waals surface area (Å²) in [6.07, 6.45) is 4.69. The highest BCUT2D eigenvalue weighted by molar-refractivity contribution is 8.06. The van der Waals surface area contributed by atoms with Gasteiger partial charge < -0.3 is 0 Å². The Balaban J connectivity index is 2.48. The first kappa shape index (κ1) is 17.5. The molecule has 0 spiro atoms. The second kappa shape index (κ2) is 7.64. The summed E-state index contributed by atoms with van der Waals surface area (Å²) >= 11 is 1.82. The highest BCUT2D eigenvalue weighted by Gasteiger charge is 2.10. The number of hydrogen-bond donors (Lipinski definition) is 0. The van der Waals surface area contributed by atoms with Gasteiger partial charge in [0.15, 0.2) is 5.65 Å². The standard InChI is InChI=1S/C19H25N3S/c1-7-14(4)19(23-11-13(2)3)16(6)15(5)17-8-9-18-20-12-21-22(18)10-17/h8-12H,7H2,1-6H3/b16-15-,19-14+. The third kappa shape index (κ3) is 4.14. The van der Waals surface area contributed by atoms with Crippen LogP contribution in [0, 0.1) is 0 Å². The molecule has 122 valence electrons. The molecular formula is C19H25N3S. The molecule has 0 saturated carbocycles. The zero-order chi connectivity index (χ0) is 17.0. The van der Waals surface area contributed by atoms with Gasteiger partial charge in [-0.25, -0.2) is 9.50 Å². The molecule has 0 bridgehead atoms. The molecule has 0 unspecified atom stereocenters. The highest BCUT2D eigenvalue weighted by atomic mass is 32.2. The van der Waals surface area contributed by atoms with Crippen LogP contribution in [0.15, 0.2) is 51.7 Å². The third-order valence-corrected chi connectivity index (χ3v) is 5.42. The van der Waals surface area contributed by atoms with Gasteiger partial charge in [-0.1, -0.05) is 29.8 Å². The van der Waals surface area contributed by atoms with Crippen molar-refractivity contribution in [1.82, 2.24) is 14.6 Å². The number of rotatable bonds is 5. The Labute approximate surface area is 143 Å². The van der Waals surface area contributed by atoms with E-state index >= 15 is 0 Å². The minimum Gasteiger partial charge on any atom is -0.221 e. The maximum atomic E-state index is 4.23. The van der Waals surface area contributed by atoms with Gasteiger partial charge in [0, 0.05) is 11.1 Å². The zero-order valence-corrected chi connectivity index (χ0v) is 15.7. The van der Waals surface area contributed by atoms with Gasteiger partial charge in [-0.15, -0.1) is 0 Å². The van der Waals surface area contributed by atoms with E-state index in [1.54, 1.807) is 6.33 Å². The van der Waals surface area contributed by atoms with E-state index in [2.05, 4.69) is 63.1 Å². The Morgan fingerprint density at radius 2 is 1.91 bits per heavy atom. The summed E-state index contributed by atoms with van der Waals surface area (Å²) in [7, 11) is 0. The molecule has 0 fully saturated rings. The van der Waals surface area contributed by atoms with Gasteiger partial charge in [-0.2, -0.15) is 5.10 Å². The van der Waals surface area contributed by atoms with Crippen LogP contribution in [0.4, 0.5) is 0 Å². The van der Waals surface area contributed by atoms with Crippen LogP contribution < -0.4 is 0 Å². The van der Waals surface area contributed by atoms with Gasteiger partial charge in [-0.05, 0) is 75.3 Å². The van der Waals surface area contributed by atoms with Crippen LogP contribution in [0.3, 0.4) is 0 Å². The lowest BCUT2D eigenvalue weighted by molar-refractivity contribution is 0.957. The van der Waals surface area contributed by atoms with Crippen molar-refractivity contribution < 1.29 is 0 Å². The molecule has 0 aliphatic rings. The fourth-order valence-corrected chi connectivity index (χ4v) is 3.30. The molecule has 0 aliphatic carbocycles. The topological polar surface area (TPSA) is 30.2 Å². The van der Waals surface area contributed by atoms with Gasteiger partial charge in [0.05, 0.1) is 0 Å². The lowest BCUT2D eigenvalue weighted by Gasteiger charge is -2.14. The molecule has 0 amide bonds. The van der Waals surface area contributed by atoms with Crippen molar-refractivity contribution >= 4 is 23.0 Å². The SMILES string of the molecule is CC/C(C)=C(SC=C(C)C)\C(C)=C(\C)c1ccc2ncnn2c1. The minimum absolute atomic E-state index is 0.874. The van der Waals surface area contributed by atoms with Crippen molar-refractivity contribution in [3.05, 3.63) is 57.3 Å². The number of aromatic nitrogens is 3. The molecule has 0 saturated heterocycles. The van der Waals surface area contributed by atoms with Crippen molar-refractivity contribution in [2.45, 2.75) is 48.0 Å². The summed E-state index contributed by atoms with van der Waals surface area (Å²) < 4.78 is 1.82. The molecular weight excluding hydrogens is 302 g/mol. The fraction of sp³-hybridized carbons (Fsp3) is 0.368. The lowest BCUT2D eigenvalue weighted by Crippen LogP contribution is -1.94. The molecule has 0 N–H and O–H groups in total. The largest absolute Gasteiger partial charge is 0.221 e. The van der Waals surface area contributed by atoms with Crippen LogP contribution in [0.25, 0.3) is 11.2 Å². The summed E-state index contributed by atoms with van der Waals surface area (Å²) in [4.78, 5) is 5.57. The van der Waals surface area contributed by atoms with E-state index in [-0.39, 0.29) is 0 Å². The summed E-state index contributed by atoms with van der Waals surface area (Å²) in [6.45, 7) is 13.1. The molecule has 2 rings (SSSR count). The fourth-order valence-electron chi connectivity index (χ4n) is 2.27. The molecule has 0 atom stereocenters. The zero-order valence-electron chi connectivity index (χ0n) is 14.8. The average molecular weight is 327 g/mol. The van der Waals surface area contributed by atoms with Gasteiger partial charge in [-0.3, -0.25) is 0 Å². The number of fused-ring (bicyclic) bond motifs is 1. The number of hydrogen-bond acceptors (Lipinski definition) is 3. The molecule has 2 aromatic rings. The van der Waals surface area contributed by atoms with Crippen LogP contribution in [0.5, 0.6) is 0 Å². The first-order valence-corrected chi connectivity index (χ1v) is 8.79. The summed E-state index contributed by atoms with van der Waals surface area (Å²) in [6, 6.07) is 4.13. The van der Waals surface area contributed by atoms with E-state index in [0.717, 1.165) is 12.1 Å². The molecule has 23 heavy (non-hydrogen) atoms. The van der Waals surface area contributed by atoms with Gasteiger partial charge in [0.1, 0.15) is 6.33 Å². The van der Waals surface area contributed by atoms with Gasteiger partial charge in [0.2, 0.25) is 0 Å². The molecule has 3 nitrogen and oxygen atoms in total. The van der Waals surface area contributed by atoms with Crippen LogP contribution in [-0.4, -0.2) is 14.6 Å². The predicted molar refractivity (Wildman–Crippen MR) is 101 cm³/mol. The smallest absolute Gasteiger partial charge is 0.155 e. The summed E-state index contributed by atoms with van der Waals surface area (Å²) in [5.74, 6) is 0. The monoisotopic (exact) mass is 327 g/mol. The predicted octanol–water partition coefficient (Wildman–Crippen LogP) is 5.86. The maximum absolute atomic E-state index is 4.23. The van der Waals surface area contributed by atoms with Crippen molar-refractivity contribution in [2.24, 2.45) is 0 Å². The minimum atomic E-state index is 0.874. The molecule has 0 aliphatic heterocycles. The number of thioether (sulfide) groups is 1. The molecule has 2 heterocycles. The van der Waals surface area contributed by atoms with Crippen LogP contribution in [0.1, 0.15) is 53.5 Å². The Hall–Kier alpha value is -1.81. The highest BCUT2D eigenvalue weighted by Crippen LogP contribution is 2.34. The quantitative estimate of drug-likeness (QED) is 0.644. The molecule has 0 radical (unpaired) electrons. The van der Waals surface area contributed by atoms with Crippen molar-refractivity contribution in [2.75, 3.05) is 0 Å². The van der Waals surface area contributed by atoms with Crippen molar-refractivity contribution in [3.8, 4) is 0 Å². The van der Waals surface area contributed by atoms with Crippen molar-refractivity contribution in [1.29, 1.82) is 0 Å². The van der Waals surface area contributed by atoms with E-state index in [1.165, 1.54) is 32.8 Å². The van der Waals surface area contributed by atoms with E-state index < -0.39 is 0 Å². The third-order valence-electron chi connectivity index (χ3n) is 3.94. The number of allylic oxidation sites excluding steroid dienone is 4. The molecule has 0 aromatic carbocycles. The number of nitrogens with zero attached hydrogens (tertiary/aromatic N) is 3. The molecule has 4 heteroatoms. The second-order valence-electron chi connectivity index (χ2n) is 6.01. The summed E-state index contributed by atoms with van der Waals surface area (Å²) in [5.41, 5.74) is 7.40. The van der Waals surface area contributed by atoms with E-state index in [9.17, 15) is 0 Å². The van der Waals surface area contributed by atoms with Crippen LogP contribution in [0.2, 0.25) is 0 Å². The first-order valence-electron chi connectivity index (χ1n) is 7.91. The normalized spacial score (nSPS) is 13.7. The van der Waals surface area contributed by atoms with Crippen molar-refractivity contribution in [3.63, 3.8) is 0 Å². The van der Waals surface area contributed by atoms with Crippen LogP contribution in [-0.2, 0) is 0 Å². The Kier molecular flexibility index (Phi) is 5.83. The van der Waals surface area contributed by atoms with Crippen LogP contribution >= 0.6 is 11.8 Å². The van der Waals surface area contributed by atoms with E-state index in [4.69, 9.17) is 0 Å². The van der Waals surface area contributed by atoms with E-state index in [1.807, 2.05) is 28.5 Å². The number of pyridine rings is 1. The average Bonchev–Trinajstić information content (AvgIpc) is 3.00. The maximum Gasteiger partial charge on any atom is 0.155 e. The second-order valence-corrected chi connectivity index (χ2v) is 6.89. The Bertz CT molecular complexity index is 790. The first-order chi connectivity index (χ1) is 10.9. The van der Waals surface area contributed by atoms with Gasteiger partial charge in [0.25, 0.3) is 0 Å². The van der Waals surface area contributed by atoms with E-state index in [0.29, 0.717) is 0 Å². The Morgan fingerprint density at radius 3 is 2.57 bits per heavy atom. The summed E-state index contributed by atoms with van der Waals surface area (Å²) in [5, 5.41) is 6.46.